The van der Waals surface area contributed by atoms with Crippen LogP contribution in [0.1, 0.15) is 5.76 Å². The molecule has 0 atom stereocenters. The summed E-state index contributed by atoms with van der Waals surface area (Å²) in [5.74, 6) is -2.07. The maximum absolute atomic E-state index is 14.1. The molecule has 0 saturated heterocycles. The van der Waals surface area contributed by atoms with Gasteiger partial charge >= 0.3 is 6.36 Å². The number of anilines is 1. The van der Waals surface area contributed by atoms with Gasteiger partial charge in [-0.05, 0) is 48.5 Å². The summed E-state index contributed by atoms with van der Waals surface area (Å²) in [5, 5.41) is 2.37. The van der Waals surface area contributed by atoms with E-state index in [1.165, 1.54) is 30.5 Å². The minimum Gasteiger partial charge on any atom is -0.468 e. The predicted octanol–water partition coefficient (Wildman–Crippen LogP) is 4.15. The highest BCUT2D eigenvalue weighted by Gasteiger charge is 2.31. The van der Waals surface area contributed by atoms with E-state index in [0.29, 0.717) is 0 Å². The number of ether oxygens (including phenoxy) is 1. The van der Waals surface area contributed by atoms with Gasteiger partial charge in [-0.2, -0.15) is 4.31 Å². The third-order valence-corrected chi connectivity index (χ3v) is 5.88. The molecule has 1 aromatic heterocycles. The Bertz CT molecular complexity index is 1160. The lowest BCUT2D eigenvalue weighted by atomic mass is 10.3. The van der Waals surface area contributed by atoms with Crippen molar-refractivity contribution in [3.05, 3.63) is 78.5 Å². The number of carbonyl (C=O) groups excluding carboxylic acids is 1. The second-order valence-corrected chi connectivity index (χ2v) is 8.31. The molecule has 1 heterocycles. The zero-order valence-corrected chi connectivity index (χ0v) is 17.0. The number of nitrogens with zero attached hydrogens (tertiary/aromatic N) is 1. The molecule has 170 valence electrons. The second-order valence-electron chi connectivity index (χ2n) is 6.40. The maximum atomic E-state index is 14.1. The summed E-state index contributed by atoms with van der Waals surface area (Å²) in [7, 11) is -4.43. The van der Waals surface area contributed by atoms with Gasteiger partial charge in [-0.1, -0.05) is 12.1 Å². The molecule has 0 aliphatic rings. The quantitative estimate of drug-likeness (QED) is 0.498. The summed E-state index contributed by atoms with van der Waals surface area (Å²) in [6.07, 6.45) is -3.55. The van der Waals surface area contributed by atoms with Crippen molar-refractivity contribution in [1.82, 2.24) is 4.31 Å². The Morgan fingerprint density at radius 1 is 1.03 bits per heavy atom. The Kier molecular flexibility index (Phi) is 6.84. The second kappa shape index (κ2) is 9.40. The molecule has 0 aliphatic heterocycles. The Hall–Kier alpha value is -3.38. The highest BCUT2D eigenvalue weighted by atomic mass is 32.2. The first-order chi connectivity index (χ1) is 15.0. The minimum atomic E-state index is -4.86. The van der Waals surface area contributed by atoms with Crippen LogP contribution in [0.15, 0.2) is 76.2 Å². The largest absolute Gasteiger partial charge is 0.573 e. The van der Waals surface area contributed by atoms with Crippen molar-refractivity contribution in [3.63, 3.8) is 0 Å². The average Bonchev–Trinajstić information content (AvgIpc) is 3.21. The fourth-order valence-corrected chi connectivity index (χ4v) is 4.12. The molecule has 3 rings (SSSR count). The monoisotopic (exact) mass is 472 g/mol. The average molecular weight is 472 g/mol. The summed E-state index contributed by atoms with van der Waals surface area (Å²) in [5.41, 5.74) is 0.103. The number of rotatable bonds is 8. The normalized spacial score (nSPS) is 12.0. The van der Waals surface area contributed by atoms with Crippen LogP contribution >= 0.6 is 0 Å². The van der Waals surface area contributed by atoms with Crippen LogP contribution in [0.2, 0.25) is 0 Å². The van der Waals surface area contributed by atoms with Crippen molar-refractivity contribution >= 4 is 21.6 Å². The van der Waals surface area contributed by atoms with E-state index in [2.05, 4.69) is 10.1 Å². The lowest BCUT2D eigenvalue weighted by Crippen LogP contribution is -2.37. The third kappa shape index (κ3) is 6.08. The number of furan rings is 1. The molecule has 0 fully saturated rings. The predicted molar refractivity (Wildman–Crippen MR) is 104 cm³/mol. The third-order valence-electron chi connectivity index (χ3n) is 4.06. The van der Waals surface area contributed by atoms with Gasteiger partial charge in [0.1, 0.15) is 22.2 Å². The van der Waals surface area contributed by atoms with Crippen LogP contribution in [0.5, 0.6) is 5.75 Å². The molecule has 0 aliphatic carbocycles. The highest BCUT2D eigenvalue weighted by molar-refractivity contribution is 7.89. The molecule has 0 unspecified atom stereocenters. The number of halogens is 4. The van der Waals surface area contributed by atoms with Gasteiger partial charge in [-0.3, -0.25) is 4.79 Å². The van der Waals surface area contributed by atoms with E-state index < -0.39 is 45.3 Å². The van der Waals surface area contributed by atoms with E-state index in [4.69, 9.17) is 4.42 Å². The smallest absolute Gasteiger partial charge is 0.468 e. The van der Waals surface area contributed by atoms with Crippen LogP contribution in [0.4, 0.5) is 23.2 Å². The molecule has 32 heavy (non-hydrogen) atoms. The van der Waals surface area contributed by atoms with Crippen molar-refractivity contribution in [2.75, 3.05) is 11.9 Å². The number of amides is 1. The van der Waals surface area contributed by atoms with Crippen LogP contribution in [0.3, 0.4) is 0 Å². The van der Waals surface area contributed by atoms with Crippen molar-refractivity contribution in [2.24, 2.45) is 0 Å². The Labute approximate surface area is 180 Å². The van der Waals surface area contributed by atoms with Crippen molar-refractivity contribution < 1.29 is 39.9 Å². The summed E-state index contributed by atoms with van der Waals surface area (Å²) in [4.78, 5) is 11.9. The van der Waals surface area contributed by atoms with Gasteiger partial charge in [0.2, 0.25) is 15.9 Å². The molecule has 0 spiro atoms. The van der Waals surface area contributed by atoms with Crippen LogP contribution in [-0.4, -0.2) is 31.5 Å². The molecular formula is C20H16F4N2O5S. The SMILES string of the molecule is O=C(CN(Cc1ccco1)S(=O)(=O)c1ccccc1F)Nc1ccc(OC(F)(F)F)cc1. The summed E-state index contributed by atoms with van der Waals surface area (Å²) < 4.78 is 86.4. The van der Waals surface area contributed by atoms with Gasteiger partial charge < -0.3 is 14.5 Å². The lowest BCUT2D eigenvalue weighted by Gasteiger charge is -2.21. The fraction of sp³-hybridized carbons (Fsp3) is 0.150. The van der Waals surface area contributed by atoms with Gasteiger partial charge in [-0.15, -0.1) is 13.2 Å². The van der Waals surface area contributed by atoms with E-state index in [-0.39, 0.29) is 18.0 Å². The standard InChI is InChI=1S/C20H16F4N2O5S/c21-17-5-1-2-6-18(17)32(28,29)26(12-16-4-3-11-30-16)13-19(27)25-14-7-9-15(10-8-14)31-20(22,23)24/h1-11H,12-13H2,(H,25,27). The molecule has 12 heteroatoms. The molecule has 0 saturated carbocycles. The summed E-state index contributed by atoms with van der Waals surface area (Å²) >= 11 is 0. The number of sulfonamides is 1. The molecule has 2 aromatic carbocycles. The maximum Gasteiger partial charge on any atom is 0.573 e. The van der Waals surface area contributed by atoms with Crippen molar-refractivity contribution in [3.8, 4) is 5.75 Å². The molecule has 1 amide bonds. The van der Waals surface area contributed by atoms with Crippen LogP contribution in [-0.2, 0) is 21.4 Å². The molecular weight excluding hydrogens is 456 g/mol. The molecule has 0 radical (unpaired) electrons. The first-order valence-electron chi connectivity index (χ1n) is 8.97. The molecule has 7 nitrogen and oxygen atoms in total. The number of nitrogens with one attached hydrogen (secondary N) is 1. The van der Waals surface area contributed by atoms with Gasteiger partial charge in [-0.25, -0.2) is 12.8 Å². The first kappa shape index (κ1) is 23.3. The van der Waals surface area contributed by atoms with Gasteiger partial charge in [0, 0.05) is 5.69 Å². The van der Waals surface area contributed by atoms with E-state index in [0.717, 1.165) is 40.7 Å². The van der Waals surface area contributed by atoms with Crippen molar-refractivity contribution in [1.29, 1.82) is 0 Å². The van der Waals surface area contributed by atoms with Crippen LogP contribution in [0, 0.1) is 5.82 Å². The van der Waals surface area contributed by atoms with Crippen molar-refractivity contribution in [2.45, 2.75) is 17.8 Å². The van der Waals surface area contributed by atoms with E-state index in [9.17, 15) is 30.8 Å². The highest BCUT2D eigenvalue weighted by Crippen LogP contribution is 2.25. The van der Waals surface area contributed by atoms with Gasteiger partial charge in [0.25, 0.3) is 0 Å². The van der Waals surface area contributed by atoms with Gasteiger partial charge in [0.05, 0.1) is 19.4 Å². The Morgan fingerprint density at radius 2 is 1.72 bits per heavy atom. The van der Waals surface area contributed by atoms with E-state index >= 15 is 0 Å². The fourth-order valence-electron chi connectivity index (χ4n) is 2.70. The lowest BCUT2D eigenvalue weighted by molar-refractivity contribution is -0.274. The summed E-state index contributed by atoms with van der Waals surface area (Å²) in [6, 6.07) is 12.0. The molecule has 3 aromatic rings. The first-order valence-corrected chi connectivity index (χ1v) is 10.4. The number of hydrogen-bond acceptors (Lipinski definition) is 5. The van der Waals surface area contributed by atoms with E-state index in [1.807, 2.05) is 0 Å². The van der Waals surface area contributed by atoms with Crippen LogP contribution in [0.25, 0.3) is 0 Å². The van der Waals surface area contributed by atoms with E-state index in [1.54, 1.807) is 0 Å². The minimum absolute atomic E-state index is 0.103. The molecule has 1 N–H and O–H groups in total. The molecule has 0 bridgehead atoms. The van der Waals surface area contributed by atoms with Crippen LogP contribution < -0.4 is 10.1 Å². The zero-order chi connectivity index (χ0) is 23.4. The Balaban J connectivity index is 1.77. The number of carbonyl (C=O) groups is 1. The topological polar surface area (TPSA) is 88.9 Å². The summed E-state index contributed by atoms with van der Waals surface area (Å²) in [6.45, 7) is -1.06. The Morgan fingerprint density at radius 3 is 2.31 bits per heavy atom. The number of benzene rings is 2. The zero-order valence-electron chi connectivity index (χ0n) is 16.2. The number of alkyl halides is 3. The number of hydrogen-bond donors (Lipinski definition) is 1. The van der Waals surface area contributed by atoms with Gasteiger partial charge in [0.15, 0.2) is 0 Å².